The van der Waals surface area contributed by atoms with Gasteiger partial charge in [-0.3, -0.25) is 0 Å². The SMILES string of the molecule is Cc1cc(Br)cc(C)c1NC(=O)NCC[C@H](O)C(=O)O. The van der Waals surface area contributed by atoms with Crippen LogP contribution in [0.5, 0.6) is 0 Å². The van der Waals surface area contributed by atoms with Crippen molar-refractivity contribution in [2.75, 3.05) is 11.9 Å². The Balaban J connectivity index is 2.53. The van der Waals surface area contributed by atoms with E-state index in [2.05, 4.69) is 26.6 Å². The highest BCUT2D eigenvalue weighted by Crippen LogP contribution is 2.24. The Kier molecular flexibility index (Phi) is 5.97. The number of aliphatic carboxylic acids is 1. The number of carboxylic acids is 1. The van der Waals surface area contributed by atoms with E-state index in [-0.39, 0.29) is 13.0 Å². The van der Waals surface area contributed by atoms with Crippen LogP contribution in [0.3, 0.4) is 0 Å². The maximum Gasteiger partial charge on any atom is 0.332 e. The van der Waals surface area contributed by atoms with Gasteiger partial charge in [0.05, 0.1) is 0 Å². The molecule has 4 N–H and O–H groups in total. The molecule has 6 nitrogen and oxygen atoms in total. The predicted molar refractivity (Wildman–Crippen MR) is 78.9 cm³/mol. The fraction of sp³-hybridized carbons (Fsp3) is 0.385. The second-order valence-electron chi connectivity index (χ2n) is 4.44. The van der Waals surface area contributed by atoms with Crippen molar-refractivity contribution < 1.29 is 19.8 Å². The van der Waals surface area contributed by atoms with Gasteiger partial charge in [0, 0.05) is 23.1 Å². The number of carboxylic acid groups (broad SMARTS) is 1. The first-order chi connectivity index (χ1) is 9.31. The summed E-state index contributed by atoms with van der Waals surface area (Å²) in [6.45, 7) is 3.83. The van der Waals surface area contributed by atoms with Gasteiger partial charge in [-0.1, -0.05) is 15.9 Å². The van der Waals surface area contributed by atoms with E-state index in [1.165, 1.54) is 0 Å². The van der Waals surface area contributed by atoms with Crippen LogP contribution in [0.2, 0.25) is 0 Å². The largest absolute Gasteiger partial charge is 0.479 e. The van der Waals surface area contributed by atoms with E-state index in [1.807, 2.05) is 26.0 Å². The number of anilines is 1. The Bertz CT molecular complexity index is 496. The third kappa shape index (κ3) is 4.82. The smallest absolute Gasteiger partial charge is 0.332 e. The maximum atomic E-state index is 11.7. The van der Waals surface area contributed by atoms with Gasteiger partial charge in [-0.05, 0) is 37.1 Å². The van der Waals surface area contributed by atoms with Gasteiger partial charge in [-0.25, -0.2) is 9.59 Å². The third-order valence-corrected chi connectivity index (χ3v) is 3.18. The summed E-state index contributed by atoms with van der Waals surface area (Å²) < 4.78 is 0.933. The number of aryl methyl sites for hydroxylation is 2. The molecule has 110 valence electrons. The predicted octanol–water partition coefficient (Wildman–Crippen LogP) is 2.02. The summed E-state index contributed by atoms with van der Waals surface area (Å²) in [7, 11) is 0. The lowest BCUT2D eigenvalue weighted by Crippen LogP contribution is -2.33. The van der Waals surface area contributed by atoms with E-state index < -0.39 is 18.1 Å². The lowest BCUT2D eigenvalue weighted by Gasteiger charge is -2.13. The summed E-state index contributed by atoms with van der Waals surface area (Å²) in [6, 6.07) is 3.34. The molecule has 0 spiro atoms. The Morgan fingerprint density at radius 2 is 1.85 bits per heavy atom. The molecule has 0 aromatic heterocycles. The van der Waals surface area contributed by atoms with Crippen LogP contribution in [-0.4, -0.2) is 34.9 Å². The van der Waals surface area contributed by atoms with E-state index in [0.29, 0.717) is 5.69 Å². The summed E-state index contributed by atoms with van der Waals surface area (Å²) >= 11 is 3.37. The molecule has 0 aliphatic rings. The number of rotatable bonds is 5. The number of aliphatic hydroxyl groups is 1. The van der Waals surface area contributed by atoms with Crippen LogP contribution in [0, 0.1) is 13.8 Å². The maximum absolute atomic E-state index is 11.7. The van der Waals surface area contributed by atoms with Crippen molar-refractivity contribution in [2.45, 2.75) is 26.4 Å². The van der Waals surface area contributed by atoms with Crippen molar-refractivity contribution in [1.29, 1.82) is 0 Å². The number of aliphatic hydroxyl groups excluding tert-OH is 1. The molecular formula is C13H17BrN2O4. The van der Waals surface area contributed by atoms with Gasteiger partial charge in [-0.2, -0.15) is 0 Å². The van der Waals surface area contributed by atoms with Crippen molar-refractivity contribution >= 4 is 33.6 Å². The summed E-state index contributed by atoms with van der Waals surface area (Å²) in [5, 5.41) is 22.8. The number of benzene rings is 1. The first-order valence-electron chi connectivity index (χ1n) is 6.03. The molecule has 1 aromatic carbocycles. The minimum atomic E-state index is -1.47. The highest BCUT2D eigenvalue weighted by molar-refractivity contribution is 9.10. The molecule has 0 fully saturated rings. The zero-order chi connectivity index (χ0) is 15.3. The average molecular weight is 345 g/mol. The summed E-state index contributed by atoms with van der Waals surface area (Å²) in [4.78, 5) is 22.1. The second-order valence-corrected chi connectivity index (χ2v) is 5.35. The fourth-order valence-electron chi connectivity index (χ4n) is 1.71. The second kappa shape index (κ2) is 7.25. The number of nitrogens with one attached hydrogen (secondary N) is 2. The molecule has 2 amide bonds. The van der Waals surface area contributed by atoms with Crippen molar-refractivity contribution in [2.24, 2.45) is 0 Å². The Labute approximate surface area is 125 Å². The average Bonchev–Trinajstić information content (AvgIpc) is 2.33. The zero-order valence-corrected chi connectivity index (χ0v) is 12.8. The number of urea groups is 1. The molecule has 0 aliphatic carbocycles. The summed E-state index contributed by atoms with van der Waals surface area (Å²) in [6.07, 6.45) is -1.51. The van der Waals surface area contributed by atoms with Gasteiger partial charge in [0.2, 0.25) is 0 Å². The minimum Gasteiger partial charge on any atom is -0.479 e. The molecule has 0 aliphatic heterocycles. The van der Waals surface area contributed by atoms with Crippen molar-refractivity contribution in [1.82, 2.24) is 5.32 Å². The fourth-order valence-corrected chi connectivity index (χ4v) is 2.40. The molecular weight excluding hydrogens is 328 g/mol. The van der Waals surface area contributed by atoms with Crippen LogP contribution in [0.1, 0.15) is 17.5 Å². The Morgan fingerprint density at radius 3 is 2.35 bits per heavy atom. The molecule has 0 saturated heterocycles. The monoisotopic (exact) mass is 344 g/mol. The number of hydrogen-bond donors (Lipinski definition) is 4. The summed E-state index contributed by atoms with van der Waals surface area (Å²) in [5.41, 5.74) is 2.54. The molecule has 0 heterocycles. The summed E-state index contributed by atoms with van der Waals surface area (Å²) in [5.74, 6) is -1.30. The van der Waals surface area contributed by atoms with Crippen LogP contribution in [-0.2, 0) is 4.79 Å². The molecule has 20 heavy (non-hydrogen) atoms. The van der Waals surface area contributed by atoms with E-state index in [0.717, 1.165) is 15.6 Å². The Morgan fingerprint density at radius 1 is 1.30 bits per heavy atom. The highest BCUT2D eigenvalue weighted by Gasteiger charge is 2.13. The minimum absolute atomic E-state index is 0.0406. The van der Waals surface area contributed by atoms with E-state index >= 15 is 0 Å². The van der Waals surface area contributed by atoms with Crippen LogP contribution in [0.4, 0.5) is 10.5 Å². The van der Waals surface area contributed by atoms with Gasteiger partial charge < -0.3 is 20.8 Å². The lowest BCUT2D eigenvalue weighted by molar-refractivity contribution is -0.146. The van der Waals surface area contributed by atoms with Crippen LogP contribution in [0.15, 0.2) is 16.6 Å². The molecule has 0 radical (unpaired) electrons. The number of halogens is 1. The number of hydrogen-bond acceptors (Lipinski definition) is 3. The third-order valence-electron chi connectivity index (χ3n) is 2.72. The zero-order valence-electron chi connectivity index (χ0n) is 11.2. The first kappa shape index (κ1) is 16.5. The van der Waals surface area contributed by atoms with Crippen molar-refractivity contribution in [3.05, 3.63) is 27.7 Å². The van der Waals surface area contributed by atoms with Crippen LogP contribution < -0.4 is 10.6 Å². The number of carbonyl (C=O) groups excluding carboxylic acids is 1. The van der Waals surface area contributed by atoms with Crippen molar-refractivity contribution in [3.8, 4) is 0 Å². The van der Waals surface area contributed by atoms with E-state index in [1.54, 1.807) is 0 Å². The van der Waals surface area contributed by atoms with E-state index in [9.17, 15) is 9.59 Å². The molecule has 1 atom stereocenters. The molecule has 1 rings (SSSR count). The molecule has 7 heteroatoms. The quantitative estimate of drug-likeness (QED) is 0.656. The van der Waals surface area contributed by atoms with Crippen LogP contribution in [0.25, 0.3) is 0 Å². The molecule has 0 saturated carbocycles. The lowest BCUT2D eigenvalue weighted by atomic mass is 10.1. The molecule has 0 bridgehead atoms. The normalized spacial score (nSPS) is 11.8. The van der Waals surface area contributed by atoms with Crippen molar-refractivity contribution in [3.63, 3.8) is 0 Å². The van der Waals surface area contributed by atoms with Gasteiger partial charge in [0.15, 0.2) is 6.10 Å². The Hall–Kier alpha value is -1.60. The molecule has 0 unspecified atom stereocenters. The standard InChI is InChI=1S/C13H17BrN2O4/c1-7-5-9(14)6-8(2)11(7)16-13(20)15-4-3-10(17)12(18)19/h5-6,10,17H,3-4H2,1-2H3,(H,18,19)(H2,15,16,20)/t10-/m0/s1. The van der Waals surface area contributed by atoms with Gasteiger partial charge in [0.1, 0.15) is 0 Å². The number of amides is 2. The van der Waals surface area contributed by atoms with Gasteiger partial charge in [-0.15, -0.1) is 0 Å². The number of carbonyl (C=O) groups is 2. The van der Waals surface area contributed by atoms with Gasteiger partial charge >= 0.3 is 12.0 Å². The first-order valence-corrected chi connectivity index (χ1v) is 6.83. The van der Waals surface area contributed by atoms with Gasteiger partial charge in [0.25, 0.3) is 0 Å². The highest BCUT2D eigenvalue weighted by atomic mass is 79.9. The topological polar surface area (TPSA) is 98.7 Å². The van der Waals surface area contributed by atoms with E-state index in [4.69, 9.17) is 10.2 Å². The van der Waals surface area contributed by atoms with Crippen LogP contribution >= 0.6 is 15.9 Å². The molecule has 1 aromatic rings.